The zero-order chi connectivity index (χ0) is 7.44. The fourth-order valence-corrected chi connectivity index (χ4v) is 0.490. The quantitative estimate of drug-likeness (QED) is 0.520. The first-order valence-corrected chi connectivity index (χ1v) is 3.35. The Morgan fingerprint density at radius 2 is 2.11 bits per heavy atom. The molecule has 9 heavy (non-hydrogen) atoms. The van der Waals surface area contributed by atoms with Crippen LogP contribution < -0.4 is 0 Å². The summed E-state index contributed by atoms with van der Waals surface area (Å²) in [7, 11) is 0. The second-order valence-electron chi connectivity index (χ2n) is 1.76. The summed E-state index contributed by atoms with van der Waals surface area (Å²) in [5.41, 5.74) is 0. The third-order valence-corrected chi connectivity index (χ3v) is 0.922. The maximum Gasteiger partial charge on any atom is 0.321 e. The van der Waals surface area contributed by atoms with Crippen LogP contribution in [0.25, 0.3) is 0 Å². The molecule has 0 aliphatic heterocycles. The average molecular weight is 151 g/mol. The lowest BCUT2D eigenvalue weighted by molar-refractivity contribution is -0.137. The van der Waals surface area contributed by atoms with Crippen molar-refractivity contribution < 1.29 is 17.7 Å². The molecule has 0 N–H and O–H groups in total. The average Bonchev–Trinajstić information content (AvgIpc) is 1.63. The summed E-state index contributed by atoms with van der Waals surface area (Å²) >= 11 is -2.72. The van der Waals surface area contributed by atoms with Gasteiger partial charge in [-0.1, -0.05) is 13.8 Å². The van der Waals surface area contributed by atoms with Crippen molar-refractivity contribution in [1.82, 2.24) is 0 Å². The predicted octanol–water partition coefficient (Wildman–Crippen LogP) is -0.0203. The van der Waals surface area contributed by atoms with Crippen LogP contribution >= 0.6 is 0 Å². The maximum atomic E-state index is 10.3. The molecule has 0 spiro atoms. The minimum atomic E-state index is -2.72. The number of carbonyl (C=O) groups is 1. The summed E-state index contributed by atoms with van der Waals surface area (Å²) in [6, 6.07) is 0. The molecule has 4 nitrogen and oxygen atoms in total. The molecule has 0 fully saturated rings. The lowest BCUT2D eigenvalue weighted by atomic mass is 10.2. The van der Waals surface area contributed by atoms with Gasteiger partial charge in [0.1, 0.15) is 11.4 Å². The summed E-state index contributed by atoms with van der Waals surface area (Å²) in [5, 5.41) is 0. The third kappa shape index (κ3) is 4.11. The minimum absolute atomic E-state index is 0.400. The van der Waals surface area contributed by atoms with E-state index in [1.165, 1.54) is 0 Å². The van der Waals surface area contributed by atoms with Gasteiger partial charge in [-0.15, -0.1) is 0 Å². The molecule has 0 saturated carbocycles. The largest absolute Gasteiger partial charge is 0.740 e. The molecule has 0 rings (SSSR count). The van der Waals surface area contributed by atoms with Gasteiger partial charge in [0, 0.05) is 0 Å². The van der Waals surface area contributed by atoms with E-state index in [0.29, 0.717) is 0 Å². The van der Waals surface area contributed by atoms with E-state index in [9.17, 15) is 13.6 Å². The molecule has 0 radical (unpaired) electrons. The van der Waals surface area contributed by atoms with Crippen molar-refractivity contribution in [2.45, 2.75) is 13.8 Å². The first-order chi connectivity index (χ1) is 4.04. The van der Waals surface area contributed by atoms with E-state index in [-0.39, 0.29) is 0 Å². The van der Waals surface area contributed by atoms with Gasteiger partial charge in [-0.3, -0.25) is 4.79 Å². The van der Waals surface area contributed by atoms with Gasteiger partial charge in [0.25, 0.3) is 0 Å². The van der Waals surface area contributed by atoms with Gasteiger partial charge >= 0.3 is 5.97 Å². The van der Waals surface area contributed by atoms with Crippen LogP contribution in [-0.2, 0) is 20.3 Å². The number of hydrogen-bond donors (Lipinski definition) is 0. The van der Waals surface area contributed by atoms with Crippen molar-refractivity contribution in [1.29, 1.82) is 0 Å². The first kappa shape index (κ1) is 8.58. The molecule has 54 valence electrons. The van der Waals surface area contributed by atoms with Crippen molar-refractivity contribution >= 4 is 17.3 Å². The highest BCUT2D eigenvalue weighted by Gasteiger charge is 2.07. The van der Waals surface area contributed by atoms with Crippen molar-refractivity contribution in [2.75, 3.05) is 0 Å². The molecule has 1 atom stereocenters. The molecule has 1 unspecified atom stereocenters. The highest BCUT2D eigenvalue weighted by Crippen LogP contribution is 1.95. The van der Waals surface area contributed by atoms with E-state index in [4.69, 9.17) is 0 Å². The van der Waals surface area contributed by atoms with Gasteiger partial charge in [-0.2, -0.15) is 0 Å². The van der Waals surface area contributed by atoms with Crippen LogP contribution in [0.15, 0.2) is 0 Å². The van der Waals surface area contributed by atoms with Crippen LogP contribution in [0.5, 0.6) is 0 Å². The second-order valence-corrected chi connectivity index (χ2v) is 2.34. The molecule has 0 bridgehead atoms. The minimum Gasteiger partial charge on any atom is -0.740 e. The Morgan fingerprint density at radius 1 is 1.67 bits per heavy atom. The van der Waals surface area contributed by atoms with E-state index >= 15 is 0 Å². The smallest absolute Gasteiger partial charge is 0.321 e. The molecule has 0 aromatic carbocycles. The predicted molar refractivity (Wildman–Crippen MR) is 29.8 cm³/mol. The molecule has 0 aromatic rings. The van der Waals surface area contributed by atoms with Crippen LogP contribution in [0.2, 0.25) is 0 Å². The van der Waals surface area contributed by atoms with Gasteiger partial charge in [-0.05, 0) is 0 Å². The molecule has 0 heterocycles. The van der Waals surface area contributed by atoms with E-state index in [1.807, 2.05) is 0 Å². The molecule has 0 saturated heterocycles. The van der Waals surface area contributed by atoms with Crippen LogP contribution in [-0.4, -0.2) is 14.7 Å². The zero-order valence-corrected chi connectivity index (χ0v) is 5.94. The van der Waals surface area contributed by atoms with E-state index < -0.39 is 23.2 Å². The van der Waals surface area contributed by atoms with Crippen molar-refractivity contribution in [3.05, 3.63) is 0 Å². The Balaban J connectivity index is 3.64. The zero-order valence-electron chi connectivity index (χ0n) is 5.12. The van der Waals surface area contributed by atoms with Gasteiger partial charge in [0.05, 0.1) is 5.92 Å². The monoisotopic (exact) mass is 151 g/mol. The van der Waals surface area contributed by atoms with Crippen LogP contribution in [0, 0.1) is 5.92 Å². The van der Waals surface area contributed by atoms with Crippen LogP contribution in [0.3, 0.4) is 0 Å². The maximum absolute atomic E-state index is 10.3. The Morgan fingerprint density at radius 3 is 2.22 bits per heavy atom. The highest BCUT2D eigenvalue weighted by molar-refractivity contribution is 7.74. The molecule has 0 amide bonds. The van der Waals surface area contributed by atoms with Gasteiger partial charge in [0.2, 0.25) is 0 Å². The molecular weight excluding hydrogens is 144 g/mol. The third-order valence-electron chi connectivity index (χ3n) is 0.622. The van der Waals surface area contributed by atoms with Gasteiger partial charge < -0.3 is 8.74 Å². The summed E-state index contributed by atoms with van der Waals surface area (Å²) in [6.45, 7) is 3.10. The highest BCUT2D eigenvalue weighted by atomic mass is 32.2. The molecule has 5 heteroatoms. The summed E-state index contributed by atoms with van der Waals surface area (Å²) in [5.74, 6) is -1.13. The summed E-state index contributed by atoms with van der Waals surface area (Å²) < 4.78 is 23.1. The van der Waals surface area contributed by atoms with Crippen molar-refractivity contribution in [2.24, 2.45) is 5.92 Å². The lowest BCUT2D eigenvalue weighted by Crippen LogP contribution is -2.12. The van der Waals surface area contributed by atoms with E-state index in [0.717, 1.165) is 0 Å². The Kier molecular flexibility index (Phi) is 3.41. The van der Waals surface area contributed by atoms with E-state index in [2.05, 4.69) is 4.18 Å². The molecule has 0 aliphatic rings. The molecule has 0 aliphatic carbocycles. The van der Waals surface area contributed by atoms with Crippen LogP contribution in [0.4, 0.5) is 0 Å². The van der Waals surface area contributed by atoms with Crippen molar-refractivity contribution in [3.8, 4) is 0 Å². The Bertz CT molecular complexity index is 131. The molecular formula is C4H7O4S-. The Hall–Kier alpha value is -0.420. The lowest BCUT2D eigenvalue weighted by Gasteiger charge is -2.06. The number of rotatable bonds is 2. The van der Waals surface area contributed by atoms with Crippen LogP contribution in [0.1, 0.15) is 13.8 Å². The fourth-order valence-electron chi connectivity index (χ4n) is 0.163. The second kappa shape index (κ2) is 3.58. The summed E-state index contributed by atoms with van der Waals surface area (Å²) in [6.07, 6.45) is 0. The number of carbonyl (C=O) groups excluding carboxylic acids is 1. The standard InChI is InChI=1S/C4H8O4S/c1-3(2)4(5)8-9(6)7/h3H,1-2H3,(H,6,7)/p-1. The SMILES string of the molecule is CC(C)C(=O)OS(=O)[O-]. The van der Waals surface area contributed by atoms with Gasteiger partial charge in [0.15, 0.2) is 0 Å². The Labute approximate surface area is 55.7 Å². The van der Waals surface area contributed by atoms with Gasteiger partial charge in [-0.25, -0.2) is 4.21 Å². The first-order valence-electron chi connectivity index (χ1n) is 2.35. The normalized spacial score (nSPS) is 13.3. The fraction of sp³-hybridized carbons (Fsp3) is 0.750. The summed E-state index contributed by atoms with van der Waals surface area (Å²) in [4.78, 5) is 10.3. The van der Waals surface area contributed by atoms with E-state index in [1.54, 1.807) is 13.8 Å². The topological polar surface area (TPSA) is 66.4 Å². The number of hydrogen-bond acceptors (Lipinski definition) is 4. The molecule has 0 aromatic heterocycles. The van der Waals surface area contributed by atoms with Crippen molar-refractivity contribution in [3.63, 3.8) is 0 Å².